The molecule has 0 spiro atoms. The fourth-order valence-corrected chi connectivity index (χ4v) is 10.4. The van der Waals surface area contributed by atoms with E-state index in [1.807, 2.05) is 19.1 Å². The standard InChI is InChI=1S/C47H58O5Se/c1-6-33(2)26-34(3)44-36(5)45(48)52-46(51-44)47(50-31-38-23-24-39-18-13-14-19-40(39)27-38)29-35(4)41(32-49-30-37-16-9-7-10-17-37)28-42(47)20-15-25-53-43-21-11-8-12-22-43/h6-14,16-19,21-24,27,33-36,41-42,44,46H,1,15,20,25-26,28-32H2,2-5H3/t33-,34-,35+,36+,41-,42+,44-,46-,47+/m1/s1. The van der Waals surface area contributed by atoms with Gasteiger partial charge in [-0.1, -0.05) is 12.1 Å². The Morgan fingerprint density at radius 2 is 1.62 bits per heavy atom. The van der Waals surface area contributed by atoms with Gasteiger partial charge in [0.05, 0.1) is 0 Å². The fraction of sp³-hybridized carbons (Fsp3) is 0.468. The zero-order valence-corrected chi connectivity index (χ0v) is 33.7. The summed E-state index contributed by atoms with van der Waals surface area (Å²) in [4.78, 5) is 13.8. The molecule has 5 nitrogen and oxygen atoms in total. The molecule has 0 bridgehead atoms. The third-order valence-corrected chi connectivity index (χ3v) is 14.0. The van der Waals surface area contributed by atoms with Gasteiger partial charge in [0.2, 0.25) is 0 Å². The first-order valence-electron chi connectivity index (χ1n) is 19.7. The van der Waals surface area contributed by atoms with Gasteiger partial charge in [0.25, 0.3) is 0 Å². The van der Waals surface area contributed by atoms with Crippen molar-refractivity contribution in [2.45, 2.75) is 96.3 Å². The van der Waals surface area contributed by atoms with Crippen molar-refractivity contribution in [3.05, 3.63) is 127 Å². The number of hydrogen-bond donors (Lipinski definition) is 0. The van der Waals surface area contributed by atoms with E-state index in [0.29, 0.717) is 46.6 Å². The molecule has 1 aliphatic heterocycles. The average molecular weight is 782 g/mol. The average Bonchev–Trinajstić information content (AvgIpc) is 3.18. The number of allylic oxidation sites excluding steroid dienone is 1. The van der Waals surface area contributed by atoms with Crippen LogP contribution in [0.15, 0.2) is 116 Å². The van der Waals surface area contributed by atoms with Crippen LogP contribution in [0.4, 0.5) is 0 Å². The van der Waals surface area contributed by atoms with Crippen LogP contribution in [0.5, 0.6) is 0 Å². The first kappa shape index (κ1) is 39.4. The first-order valence-corrected chi connectivity index (χ1v) is 21.7. The molecule has 0 amide bonds. The van der Waals surface area contributed by atoms with Crippen LogP contribution in [-0.4, -0.2) is 45.5 Å². The molecule has 53 heavy (non-hydrogen) atoms. The van der Waals surface area contributed by atoms with Gasteiger partial charge < -0.3 is 0 Å². The predicted octanol–water partition coefficient (Wildman–Crippen LogP) is 9.95. The van der Waals surface area contributed by atoms with Crippen LogP contribution >= 0.6 is 0 Å². The molecule has 0 radical (unpaired) electrons. The summed E-state index contributed by atoms with van der Waals surface area (Å²) in [5.74, 6) is 0.657. The molecule has 282 valence electrons. The summed E-state index contributed by atoms with van der Waals surface area (Å²) in [6.45, 7) is 14.4. The van der Waals surface area contributed by atoms with E-state index in [4.69, 9.17) is 18.9 Å². The maximum absolute atomic E-state index is 13.8. The van der Waals surface area contributed by atoms with Gasteiger partial charge in [-0.2, -0.15) is 0 Å². The number of benzene rings is 4. The van der Waals surface area contributed by atoms with Crippen molar-refractivity contribution in [3.63, 3.8) is 0 Å². The SMILES string of the molecule is C=C[C@@H](C)C[C@@H](C)[C@H]1O[C@@H]([C@]2(OCc3ccc4ccccc4c3)C[C@H](C)[C@@H](COCc3ccccc3)C[C@@H]2CCC[Se]c2ccccc2)OC(=O)[C@H]1C. The normalized spacial score (nSPS) is 27.2. The second-order valence-corrected chi connectivity index (χ2v) is 18.1. The first-order chi connectivity index (χ1) is 25.8. The van der Waals surface area contributed by atoms with Gasteiger partial charge in [0.15, 0.2) is 0 Å². The van der Waals surface area contributed by atoms with Gasteiger partial charge >= 0.3 is 307 Å². The Labute approximate surface area is 324 Å². The van der Waals surface area contributed by atoms with Crippen LogP contribution in [0.1, 0.15) is 70.9 Å². The van der Waals surface area contributed by atoms with E-state index >= 15 is 0 Å². The van der Waals surface area contributed by atoms with Crippen molar-refractivity contribution < 1.29 is 23.7 Å². The van der Waals surface area contributed by atoms with E-state index in [1.165, 1.54) is 20.8 Å². The van der Waals surface area contributed by atoms with Gasteiger partial charge in [-0.05, 0) is 0 Å². The van der Waals surface area contributed by atoms with Gasteiger partial charge in [0, 0.05) is 0 Å². The van der Waals surface area contributed by atoms with E-state index < -0.39 is 11.9 Å². The summed E-state index contributed by atoms with van der Waals surface area (Å²) in [7, 11) is 0. The van der Waals surface area contributed by atoms with E-state index in [1.54, 1.807) is 0 Å². The Morgan fingerprint density at radius 1 is 0.906 bits per heavy atom. The number of cyclic esters (lactones) is 1. The zero-order valence-electron chi connectivity index (χ0n) is 32.0. The topological polar surface area (TPSA) is 54.0 Å². The van der Waals surface area contributed by atoms with Crippen LogP contribution in [0.25, 0.3) is 10.8 Å². The molecule has 4 aromatic carbocycles. The monoisotopic (exact) mass is 782 g/mol. The molecule has 0 N–H and O–H groups in total. The van der Waals surface area contributed by atoms with Crippen molar-refractivity contribution in [2.24, 2.45) is 35.5 Å². The molecule has 4 aromatic rings. The fourth-order valence-electron chi connectivity index (χ4n) is 8.54. The minimum atomic E-state index is -0.807. The summed E-state index contributed by atoms with van der Waals surface area (Å²) >= 11 is 0.391. The number of carbonyl (C=O) groups is 1. The summed E-state index contributed by atoms with van der Waals surface area (Å²) < 4.78 is 28.6. The third-order valence-electron chi connectivity index (χ3n) is 11.7. The third kappa shape index (κ3) is 10.1. The van der Waals surface area contributed by atoms with E-state index in [0.717, 1.165) is 43.0 Å². The molecule has 0 unspecified atom stereocenters. The molecule has 2 aliphatic rings. The van der Waals surface area contributed by atoms with Crippen molar-refractivity contribution in [3.8, 4) is 0 Å². The molecule has 1 heterocycles. The van der Waals surface area contributed by atoms with Crippen LogP contribution in [0.2, 0.25) is 5.32 Å². The van der Waals surface area contributed by atoms with Crippen molar-refractivity contribution >= 4 is 36.2 Å². The molecule has 0 aromatic heterocycles. The van der Waals surface area contributed by atoms with Crippen molar-refractivity contribution in [1.82, 2.24) is 0 Å². The predicted molar refractivity (Wildman–Crippen MR) is 216 cm³/mol. The second-order valence-electron chi connectivity index (χ2n) is 15.7. The molecule has 6 rings (SSSR count). The zero-order chi connectivity index (χ0) is 37.2. The van der Waals surface area contributed by atoms with Gasteiger partial charge in [-0.25, -0.2) is 0 Å². The van der Waals surface area contributed by atoms with Crippen molar-refractivity contribution in [2.75, 3.05) is 6.61 Å². The number of fused-ring (bicyclic) bond motifs is 1. The van der Waals surface area contributed by atoms with Gasteiger partial charge in [-0.3, -0.25) is 0 Å². The number of hydrogen-bond acceptors (Lipinski definition) is 5. The van der Waals surface area contributed by atoms with Crippen LogP contribution in [0, 0.1) is 35.5 Å². The molecule has 1 saturated carbocycles. The summed E-state index contributed by atoms with van der Waals surface area (Å²) in [5.41, 5.74) is 1.49. The van der Waals surface area contributed by atoms with Gasteiger partial charge in [0.1, 0.15) is 0 Å². The minimum absolute atomic E-state index is 0.116. The van der Waals surface area contributed by atoms with E-state index in [-0.39, 0.29) is 35.7 Å². The Hall–Kier alpha value is -3.25. The number of rotatable bonds is 17. The Bertz CT molecular complexity index is 1750. The molecule has 1 aliphatic carbocycles. The molecule has 2 fully saturated rings. The molecular formula is C47H58O5Se. The second kappa shape index (κ2) is 18.9. The van der Waals surface area contributed by atoms with Crippen LogP contribution in [0.3, 0.4) is 0 Å². The molecule has 9 atom stereocenters. The summed E-state index contributed by atoms with van der Waals surface area (Å²) in [5, 5.41) is 3.53. The number of esters is 1. The summed E-state index contributed by atoms with van der Waals surface area (Å²) in [6.07, 6.45) is 5.51. The van der Waals surface area contributed by atoms with Crippen LogP contribution in [-0.2, 0) is 37.0 Å². The van der Waals surface area contributed by atoms with E-state index in [9.17, 15) is 4.79 Å². The molecule has 6 heteroatoms. The number of carbonyl (C=O) groups excluding carboxylic acids is 1. The van der Waals surface area contributed by atoms with Gasteiger partial charge in [-0.15, -0.1) is 6.58 Å². The van der Waals surface area contributed by atoms with Crippen molar-refractivity contribution in [1.29, 1.82) is 0 Å². The van der Waals surface area contributed by atoms with E-state index in [2.05, 4.69) is 124 Å². The Kier molecular flexibility index (Phi) is 14.0. The quantitative estimate of drug-likeness (QED) is 0.0462. The number of ether oxygens (including phenoxy) is 4. The molecule has 1 saturated heterocycles. The summed E-state index contributed by atoms with van der Waals surface area (Å²) in [6, 6.07) is 36.3. The molecular weight excluding hydrogens is 723 g/mol. The maximum atomic E-state index is 13.8. The Morgan fingerprint density at radius 3 is 2.38 bits per heavy atom. The Balaban J connectivity index is 1.30. The van der Waals surface area contributed by atoms with Crippen LogP contribution < -0.4 is 4.46 Å².